The lowest BCUT2D eigenvalue weighted by Crippen LogP contribution is -2.16. The summed E-state index contributed by atoms with van der Waals surface area (Å²) in [6.07, 6.45) is 4.86. The number of aromatic nitrogens is 2. The predicted molar refractivity (Wildman–Crippen MR) is 90.6 cm³/mol. The lowest BCUT2D eigenvalue weighted by molar-refractivity contribution is -0.115. The quantitative estimate of drug-likeness (QED) is 0.759. The number of unbranched alkanes of at least 4 members (excludes halogenated alkanes) is 1. The molecule has 0 aliphatic rings. The van der Waals surface area contributed by atoms with Gasteiger partial charge in [0, 0.05) is 12.6 Å². The van der Waals surface area contributed by atoms with Crippen LogP contribution in [-0.4, -0.2) is 22.5 Å². The molecule has 0 saturated carbocycles. The second-order valence-electron chi connectivity index (χ2n) is 5.28. The first-order valence-electron chi connectivity index (χ1n) is 8.04. The van der Waals surface area contributed by atoms with Crippen LogP contribution in [-0.2, 0) is 17.6 Å². The van der Waals surface area contributed by atoms with Crippen LogP contribution in [0.25, 0.3) is 0 Å². The highest BCUT2D eigenvalue weighted by Crippen LogP contribution is 2.13. The molecule has 0 spiro atoms. The lowest BCUT2D eigenvalue weighted by Gasteiger charge is -2.07. The Bertz CT molecular complexity index is 626. The summed E-state index contributed by atoms with van der Waals surface area (Å²) in [7, 11) is 0. The van der Waals surface area contributed by atoms with Crippen molar-refractivity contribution >= 4 is 11.7 Å². The van der Waals surface area contributed by atoms with Crippen molar-refractivity contribution in [3.8, 4) is 5.75 Å². The normalized spacial score (nSPS) is 10.3. The van der Waals surface area contributed by atoms with E-state index in [9.17, 15) is 4.79 Å². The SMILES string of the molecule is CCCCOc1ccc(CC(=O)Nc2ccnc(CC)n2)cc1. The number of benzene rings is 1. The molecular formula is C18H23N3O2. The summed E-state index contributed by atoms with van der Waals surface area (Å²) >= 11 is 0. The fourth-order valence-electron chi connectivity index (χ4n) is 2.05. The number of nitrogens with zero attached hydrogens (tertiary/aromatic N) is 2. The highest BCUT2D eigenvalue weighted by atomic mass is 16.5. The molecular weight excluding hydrogens is 290 g/mol. The summed E-state index contributed by atoms with van der Waals surface area (Å²) in [5.41, 5.74) is 0.940. The van der Waals surface area contributed by atoms with Crippen molar-refractivity contribution in [2.75, 3.05) is 11.9 Å². The summed E-state index contributed by atoms with van der Waals surface area (Å²) in [4.78, 5) is 20.5. The third kappa shape index (κ3) is 5.70. The summed E-state index contributed by atoms with van der Waals surface area (Å²) in [6, 6.07) is 9.33. The van der Waals surface area contributed by atoms with Crippen molar-refractivity contribution in [3.05, 3.63) is 47.9 Å². The molecule has 0 saturated heterocycles. The highest BCUT2D eigenvalue weighted by molar-refractivity contribution is 5.91. The Labute approximate surface area is 137 Å². The molecule has 2 aromatic rings. The van der Waals surface area contributed by atoms with Gasteiger partial charge in [-0.25, -0.2) is 9.97 Å². The first-order valence-corrected chi connectivity index (χ1v) is 8.04. The van der Waals surface area contributed by atoms with Crippen molar-refractivity contribution in [2.24, 2.45) is 0 Å². The number of rotatable bonds is 8. The monoisotopic (exact) mass is 313 g/mol. The molecule has 0 radical (unpaired) electrons. The topological polar surface area (TPSA) is 64.1 Å². The van der Waals surface area contributed by atoms with Crippen LogP contribution >= 0.6 is 0 Å². The summed E-state index contributed by atoms with van der Waals surface area (Å²) < 4.78 is 5.61. The Balaban J connectivity index is 1.87. The minimum Gasteiger partial charge on any atom is -0.494 e. The molecule has 5 heteroatoms. The first-order chi connectivity index (χ1) is 11.2. The first kappa shape index (κ1) is 16.9. The third-order valence-corrected chi connectivity index (χ3v) is 3.34. The van der Waals surface area contributed by atoms with E-state index in [0.29, 0.717) is 12.2 Å². The van der Waals surface area contributed by atoms with Gasteiger partial charge in [0.15, 0.2) is 0 Å². The van der Waals surface area contributed by atoms with Crippen LogP contribution < -0.4 is 10.1 Å². The highest BCUT2D eigenvalue weighted by Gasteiger charge is 2.06. The molecule has 23 heavy (non-hydrogen) atoms. The molecule has 0 aliphatic heterocycles. The van der Waals surface area contributed by atoms with E-state index in [2.05, 4.69) is 22.2 Å². The Morgan fingerprint density at radius 1 is 1.17 bits per heavy atom. The minimum absolute atomic E-state index is 0.0922. The van der Waals surface area contributed by atoms with Crippen LogP contribution in [0.1, 0.15) is 38.1 Å². The van der Waals surface area contributed by atoms with Gasteiger partial charge in [0.25, 0.3) is 0 Å². The summed E-state index contributed by atoms with van der Waals surface area (Å²) in [5.74, 6) is 2.01. The van der Waals surface area contributed by atoms with Gasteiger partial charge in [-0.1, -0.05) is 32.4 Å². The van der Waals surface area contributed by atoms with Crippen LogP contribution in [0.3, 0.4) is 0 Å². The van der Waals surface area contributed by atoms with E-state index in [-0.39, 0.29) is 5.91 Å². The Kier molecular flexibility index (Phi) is 6.54. The molecule has 0 atom stereocenters. The average molecular weight is 313 g/mol. The van der Waals surface area contributed by atoms with Crippen molar-refractivity contribution < 1.29 is 9.53 Å². The molecule has 0 aliphatic carbocycles. The minimum atomic E-state index is -0.0922. The molecule has 1 amide bonds. The number of ether oxygens (including phenoxy) is 1. The third-order valence-electron chi connectivity index (χ3n) is 3.34. The van der Waals surface area contributed by atoms with Gasteiger partial charge in [-0.15, -0.1) is 0 Å². The second kappa shape index (κ2) is 8.88. The Morgan fingerprint density at radius 2 is 1.96 bits per heavy atom. The Morgan fingerprint density at radius 3 is 2.65 bits per heavy atom. The van der Waals surface area contributed by atoms with E-state index < -0.39 is 0 Å². The maximum Gasteiger partial charge on any atom is 0.229 e. The predicted octanol–water partition coefficient (Wildman–Crippen LogP) is 3.40. The number of aryl methyl sites for hydroxylation is 1. The fourth-order valence-corrected chi connectivity index (χ4v) is 2.05. The maximum atomic E-state index is 12.1. The van der Waals surface area contributed by atoms with E-state index in [1.165, 1.54) is 0 Å². The molecule has 2 rings (SSSR count). The molecule has 0 unspecified atom stereocenters. The van der Waals surface area contributed by atoms with Gasteiger partial charge in [-0.3, -0.25) is 4.79 Å². The summed E-state index contributed by atoms with van der Waals surface area (Å²) in [6.45, 7) is 4.83. The number of amides is 1. The van der Waals surface area contributed by atoms with Crippen LogP contribution in [0.2, 0.25) is 0 Å². The maximum absolute atomic E-state index is 12.1. The van der Waals surface area contributed by atoms with E-state index in [4.69, 9.17) is 4.74 Å². The van der Waals surface area contributed by atoms with Gasteiger partial charge in [0.1, 0.15) is 17.4 Å². The number of carbonyl (C=O) groups is 1. The number of nitrogens with one attached hydrogen (secondary N) is 1. The van der Waals surface area contributed by atoms with Gasteiger partial charge in [-0.2, -0.15) is 0 Å². The van der Waals surface area contributed by atoms with Crippen LogP contribution in [0.5, 0.6) is 5.75 Å². The standard InChI is InChI=1S/C18H23N3O2/c1-3-5-12-23-15-8-6-14(7-9-15)13-18(22)21-17-10-11-19-16(4-2)20-17/h6-11H,3-5,12-13H2,1-2H3,(H,19,20,21,22). The van der Waals surface area contributed by atoms with E-state index in [1.807, 2.05) is 31.2 Å². The molecule has 1 N–H and O–H groups in total. The number of hydrogen-bond donors (Lipinski definition) is 1. The number of carbonyl (C=O) groups excluding carboxylic acids is 1. The zero-order valence-corrected chi connectivity index (χ0v) is 13.7. The molecule has 1 heterocycles. The molecule has 0 fully saturated rings. The second-order valence-corrected chi connectivity index (χ2v) is 5.28. The van der Waals surface area contributed by atoms with Crippen LogP contribution in [0, 0.1) is 0 Å². The average Bonchev–Trinajstić information content (AvgIpc) is 2.57. The Hall–Kier alpha value is -2.43. The van der Waals surface area contributed by atoms with Gasteiger partial charge < -0.3 is 10.1 Å². The van der Waals surface area contributed by atoms with Crippen molar-refractivity contribution in [2.45, 2.75) is 39.5 Å². The van der Waals surface area contributed by atoms with Crippen molar-refractivity contribution in [1.29, 1.82) is 0 Å². The van der Waals surface area contributed by atoms with Crippen molar-refractivity contribution in [1.82, 2.24) is 9.97 Å². The molecule has 122 valence electrons. The van der Waals surface area contributed by atoms with E-state index in [1.54, 1.807) is 12.3 Å². The fraction of sp³-hybridized carbons (Fsp3) is 0.389. The number of anilines is 1. The molecule has 0 bridgehead atoms. The van der Waals surface area contributed by atoms with E-state index >= 15 is 0 Å². The van der Waals surface area contributed by atoms with Gasteiger partial charge in [0.2, 0.25) is 5.91 Å². The molecule has 1 aromatic carbocycles. The van der Waals surface area contributed by atoms with Crippen LogP contribution in [0.4, 0.5) is 5.82 Å². The smallest absolute Gasteiger partial charge is 0.229 e. The van der Waals surface area contributed by atoms with Gasteiger partial charge >= 0.3 is 0 Å². The largest absolute Gasteiger partial charge is 0.494 e. The zero-order valence-electron chi connectivity index (χ0n) is 13.7. The van der Waals surface area contributed by atoms with Gasteiger partial charge in [0.05, 0.1) is 13.0 Å². The zero-order chi connectivity index (χ0) is 16.5. The molecule has 5 nitrogen and oxygen atoms in total. The molecule has 1 aromatic heterocycles. The van der Waals surface area contributed by atoms with Gasteiger partial charge in [-0.05, 0) is 30.2 Å². The lowest BCUT2D eigenvalue weighted by atomic mass is 10.1. The number of hydrogen-bond acceptors (Lipinski definition) is 4. The van der Waals surface area contributed by atoms with Crippen LogP contribution in [0.15, 0.2) is 36.5 Å². The van der Waals surface area contributed by atoms with E-state index in [0.717, 1.165) is 43.0 Å². The van der Waals surface area contributed by atoms with Crippen molar-refractivity contribution in [3.63, 3.8) is 0 Å². The summed E-state index contributed by atoms with van der Waals surface area (Å²) in [5, 5.41) is 2.80.